The number of benzene rings is 1. The van der Waals surface area contributed by atoms with E-state index in [9.17, 15) is 14.4 Å². The van der Waals surface area contributed by atoms with Gasteiger partial charge in [0, 0.05) is 26.3 Å². The lowest BCUT2D eigenvalue weighted by Crippen LogP contribution is -2.46. The second-order valence-electron chi connectivity index (χ2n) is 6.87. The molecule has 8 nitrogen and oxygen atoms in total. The lowest BCUT2D eigenvalue weighted by Gasteiger charge is -2.22. The summed E-state index contributed by atoms with van der Waals surface area (Å²) in [4.78, 5) is 42.3. The molecule has 3 heterocycles. The van der Waals surface area contributed by atoms with Crippen molar-refractivity contribution >= 4 is 23.5 Å². The Hall–Kier alpha value is -3.16. The minimum absolute atomic E-state index is 0.0301. The van der Waals surface area contributed by atoms with Crippen LogP contribution in [0.15, 0.2) is 42.7 Å². The minimum Gasteiger partial charge on any atom is -0.315 e. The standard InChI is InChI=1S/C19H21N5O3/c1-21-12-15(11-20-21)23-10-8-16(18(23)26)24-17(25)13-22(19(24)27)9-7-14-5-3-2-4-6-14/h2-6,11-12,16H,7-10,13H2,1H3. The summed E-state index contributed by atoms with van der Waals surface area (Å²) in [6.07, 6.45) is 4.48. The monoisotopic (exact) mass is 367 g/mol. The number of anilines is 1. The van der Waals surface area contributed by atoms with E-state index in [1.165, 1.54) is 4.90 Å². The zero-order chi connectivity index (χ0) is 19.0. The molecular formula is C19H21N5O3. The highest BCUT2D eigenvalue weighted by Gasteiger charge is 2.47. The second-order valence-corrected chi connectivity index (χ2v) is 6.87. The molecule has 0 aliphatic carbocycles. The Morgan fingerprint density at radius 3 is 2.63 bits per heavy atom. The number of hydrogen-bond donors (Lipinski definition) is 0. The predicted molar refractivity (Wildman–Crippen MR) is 97.9 cm³/mol. The largest absolute Gasteiger partial charge is 0.327 e. The van der Waals surface area contributed by atoms with Gasteiger partial charge in [-0.1, -0.05) is 30.3 Å². The first kappa shape index (κ1) is 17.3. The van der Waals surface area contributed by atoms with Crippen LogP contribution in [0.2, 0.25) is 0 Å². The van der Waals surface area contributed by atoms with E-state index >= 15 is 0 Å². The number of carbonyl (C=O) groups is 3. The summed E-state index contributed by atoms with van der Waals surface area (Å²) in [5.74, 6) is -0.533. The number of rotatable bonds is 5. The highest BCUT2D eigenvalue weighted by molar-refractivity contribution is 6.09. The Morgan fingerprint density at radius 2 is 1.93 bits per heavy atom. The summed E-state index contributed by atoms with van der Waals surface area (Å²) in [7, 11) is 1.78. The van der Waals surface area contributed by atoms with Gasteiger partial charge in [-0.3, -0.25) is 14.3 Å². The molecule has 1 unspecified atom stereocenters. The first-order chi connectivity index (χ1) is 13.0. The third-order valence-electron chi connectivity index (χ3n) is 5.08. The van der Waals surface area contributed by atoms with Crippen LogP contribution in [0.25, 0.3) is 0 Å². The molecule has 2 aliphatic rings. The normalized spacial score (nSPS) is 20.3. The van der Waals surface area contributed by atoms with Gasteiger partial charge in [0.2, 0.25) is 0 Å². The SMILES string of the molecule is Cn1cc(N2CCC(N3C(=O)CN(CCc4ccccc4)C3=O)C2=O)cn1. The van der Waals surface area contributed by atoms with Crippen LogP contribution in [0, 0.1) is 0 Å². The molecule has 0 spiro atoms. The van der Waals surface area contributed by atoms with Crippen molar-refractivity contribution in [1.29, 1.82) is 0 Å². The van der Waals surface area contributed by atoms with Crippen molar-refractivity contribution in [3.05, 3.63) is 48.3 Å². The van der Waals surface area contributed by atoms with Gasteiger partial charge in [0.25, 0.3) is 11.8 Å². The van der Waals surface area contributed by atoms with Gasteiger partial charge in [0.05, 0.1) is 11.9 Å². The van der Waals surface area contributed by atoms with Crippen LogP contribution < -0.4 is 4.90 Å². The van der Waals surface area contributed by atoms with E-state index in [1.807, 2.05) is 30.3 Å². The molecule has 140 valence electrons. The van der Waals surface area contributed by atoms with E-state index in [2.05, 4.69) is 5.10 Å². The fraction of sp³-hybridized carbons (Fsp3) is 0.368. The molecule has 2 saturated heterocycles. The van der Waals surface area contributed by atoms with Crippen molar-refractivity contribution in [2.24, 2.45) is 7.05 Å². The molecule has 0 radical (unpaired) electrons. The molecule has 0 bridgehead atoms. The quantitative estimate of drug-likeness (QED) is 0.740. The average Bonchev–Trinajstić information content (AvgIpc) is 3.32. The molecule has 1 aromatic carbocycles. The fourth-order valence-electron chi connectivity index (χ4n) is 3.67. The Kier molecular flexibility index (Phi) is 4.39. The lowest BCUT2D eigenvalue weighted by molar-refractivity contribution is -0.132. The summed E-state index contributed by atoms with van der Waals surface area (Å²) in [6, 6.07) is 8.72. The van der Waals surface area contributed by atoms with Gasteiger partial charge < -0.3 is 9.80 Å². The van der Waals surface area contributed by atoms with Gasteiger partial charge >= 0.3 is 6.03 Å². The number of hydrogen-bond acceptors (Lipinski definition) is 4. The molecule has 4 amide bonds. The van der Waals surface area contributed by atoms with E-state index < -0.39 is 6.04 Å². The first-order valence-corrected chi connectivity index (χ1v) is 8.99. The molecule has 8 heteroatoms. The van der Waals surface area contributed by atoms with Crippen LogP contribution >= 0.6 is 0 Å². The molecule has 2 aromatic rings. The maximum Gasteiger partial charge on any atom is 0.327 e. The molecule has 0 N–H and O–H groups in total. The third-order valence-corrected chi connectivity index (χ3v) is 5.08. The van der Waals surface area contributed by atoms with Crippen molar-refractivity contribution in [1.82, 2.24) is 19.6 Å². The van der Waals surface area contributed by atoms with Gasteiger partial charge in [-0.25, -0.2) is 9.69 Å². The highest BCUT2D eigenvalue weighted by atomic mass is 16.2. The second kappa shape index (κ2) is 6.86. The van der Waals surface area contributed by atoms with Crippen molar-refractivity contribution in [2.75, 3.05) is 24.5 Å². The zero-order valence-corrected chi connectivity index (χ0v) is 15.1. The Labute approximate surface area is 156 Å². The number of carbonyl (C=O) groups excluding carboxylic acids is 3. The molecule has 1 aromatic heterocycles. The first-order valence-electron chi connectivity index (χ1n) is 8.99. The Morgan fingerprint density at radius 1 is 1.15 bits per heavy atom. The van der Waals surface area contributed by atoms with Crippen molar-refractivity contribution < 1.29 is 14.4 Å². The Balaban J connectivity index is 1.44. The molecule has 27 heavy (non-hydrogen) atoms. The molecule has 0 saturated carbocycles. The minimum atomic E-state index is -0.730. The van der Waals surface area contributed by atoms with Crippen LogP contribution in [-0.4, -0.2) is 63.1 Å². The van der Waals surface area contributed by atoms with Gasteiger partial charge in [0.15, 0.2) is 0 Å². The van der Waals surface area contributed by atoms with E-state index in [-0.39, 0.29) is 24.4 Å². The fourth-order valence-corrected chi connectivity index (χ4v) is 3.67. The third kappa shape index (κ3) is 3.18. The Bertz CT molecular complexity index is 878. The molecule has 2 aliphatic heterocycles. The van der Waals surface area contributed by atoms with Crippen LogP contribution in [0.3, 0.4) is 0 Å². The summed E-state index contributed by atoms with van der Waals surface area (Å²) in [5.41, 5.74) is 1.79. The van der Waals surface area contributed by atoms with Gasteiger partial charge in [-0.2, -0.15) is 5.10 Å². The summed E-state index contributed by atoms with van der Waals surface area (Å²) >= 11 is 0. The summed E-state index contributed by atoms with van der Waals surface area (Å²) in [6.45, 7) is 0.955. The number of nitrogens with zero attached hydrogens (tertiary/aromatic N) is 5. The zero-order valence-electron chi connectivity index (χ0n) is 15.1. The van der Waals surface area contributed by atoms with Crippen LogP contribution in [-0.2, 0) is 23.1 Å². The number of aromatic nitrogens is 2. The number of aryl methyl sites for hydroxylation is 1. The average molecular weight is 367 g/mol. The lowest BCUT2D eigenvalue weighted by atomic mass is 10.1. The maximum atomic E-state index is 12.8. The number of imide groups is 1. The van der Waals surface area contributed by atoms with Gasteiger partial charge in [0.1, 0.15) is 12.6 Å². The van der Waals surface area contributed by atoms with Crippen LogP contribution in [0.1, 0.15) is 12.0 Å². The van der Waals surface area contributed by atoms with Crippen molar-refractivity contribution in [3.8, 4) is 0 Å². The van der Waals surface area contributed by atoms with Crippen LogP contribution in [0.5, 0.6) is 0 Å². The topological polar surface area (TPSA) is 78.8 Å². The number of amides is 4. The number of urea groups is 1. The van der Waals surface area contributed by atoms with Crippen LogP contribution in [0.4, 0.5) is 10.5 Å². The summed E-state index contributed by atoms with van der Waals surface area (Å²) < 4.78 is 1.62. The van der Waals surface area contributed by atoms with E-state index in [0.29, 0.717) is 31.6 Å². The van der Waals surface area contributed by atoms with Gasteiger partial charge in [-0.05, 0) is 18.4 Å². The smallest absolute Gasteiger partial charge is 0.315 e. The summed E-state index contributed by atoms with van der Waals surface area (Å²) in [5, 5.41) is 4.08. The highest BCUT2D eigenvalue weighted by Crippen LogP contribution is 2.27. The molecule has 4 rings (SSSR count). The van der Waals surface area contributed by atoms with Crippen molar-refractivity contribution in [3.63, 3.8) is 0 Å². The maximum absolute atomic E-state index is 12.8. The van der Waals surface area contributed by atoms with Crippen molar-refractivity contribution in [2.45, 2.75) is 18.9 Å². The molecular weight excluding hydrogens is 346 g/mol. The molecule has 1 atom stereocenters. The van der Waals surface area contributed by atoms with E-state index in [1.54, 1.807) is 29.0 Å². The van der Waals surface area contributed by atoms with Gasteiger partial charge in [-0.15, -0.1) is 0 Å². The molecule has 2 fully saturated rings. The van der Waals surface area contributed by atoms with E-state index in [0.717, 1.165) is 10.5 Å². The van der Waals surface area contributed by atoms with E-state index in [4.69, 9.17) is 0 Å². The predicted octanol–water partition coefficient (Wildman–Crippen LogP) is 1.03.